The summed E-state index contributed by atoms with van der Waals surface area (Å²) in [6.45, 7) is 0.226. The molecule has 0 unspecified atom stereocenters. The monoisotopic (exact) mass is 483 g/mol. The van der Waals surface area contributed by atoms with Crippen LogP contribution in [0.1, 0.15) is 50.8 Å². The third-order valence-electron chi connectivity index (χ3n) is 6.45. The fourth-order valence-electron chi connectivity index (χ4n) is 4.76. The van der Waals surface area contributed by atoms with Crippen LogP contribution in [0, 0.1) is 0 Å². The average Bonchev–Trinajstić information content (AvgIpc) is 3.52. The topological polar surface area (TPSA) is 72.5 Å². The highest BCUT2D eigenvalue weighted by atomic mass is 32.1. The molecule has 0 fully saturated rings. The van der Waals surface area contributed by atoms with Crippen LogP contribution in [0.25, 0.3) is 0 Å². The van der Waals surface area contributed by atoms with Crippen molar-refractivity contribution in [2.45, 2.75) is 31.7 Å². The number of hydrogen-bond donors (Lipinski definition) is 2. The zero-order valence-corrected chi connectivity index (χ0v) is 19.9. The number of nitrogens with zero attached hydrogens (tertiary/aromatic N) is 1. The predicted octanol–water partition coefficient (Wildman–Crippen LogP) is 6.20. The first-order chi connectivity index (χ1) is 17.3. The highest BCUT2D eigenvalue weighted by molar-refractivity contribution is 7.16. The van der Waals surface area contributed by atoms with Crippen LogP contribution in [0.2, 0.25) is 0 Å². The van der Waals surface area contributed by atoms with Gasteiger partial charge < -0.3 is 20.1 Å². The van der Waals surface area contributed by atoms with Crippen molar-refractivity contribution in [1.82, 2.24) is 4.98 Å². The van der Waals surface area contributed by atoms with Crippen molar-refractivity contribution in [2.24, 2.45) is 0 Å². The number of anilines is 2. The number of rotatable bonds is 6. The molecule has 1 aliphatic heterocycles. The number of thiophene rings is 1. The van der Waals surface area contributed by atoms with Gasteiger partial charge in [0.2, 0.25) is 6.79 Å². The lowest BCUT2D eigenvalue weighted by Gasteiger charge is -2.24. The maximum atomic E-state index is 13.2. The van der Waals surface area contributed by atoms with Gasteiger partial charge in [-0.1, -0.05) is 30.3 Å². The van der Waals surface area contributed by atoms with Gasteiger partial charge in [0.15, 0.2) is 11.5 Å². The minimum Gasteiger partial charge on any atom is -0.454 e. The molecule has 2 aromatic heterocycles. The first-order valence-corrected chi connectivity index (χ1v) is 12.7. The van der Waals surface area contributed by atoms with Crippen LogP contribution in [0.5, 0.6) is 11.5 Å². The van der Waals surface area contributed by atoms with E-state index in [1.165, 1.54) is 16.9 Å². The quantitative estimate of drug-likeness (QED) is 0.341. The highest BCUT2D eigenvalue weighted by Crippen LogP contribution is 2.46. The first kappa shape index (κ1) is 21.7. The molecule has 1 atom stereocenters. The van der Waals surface area contributed by atoms with Crippen molar-refractivity contribution in [1.29, 1.82) is 0 Å². The van der Waals surface area contributed by atoms with E-state index in [2.05, 4.69) is 21.7 Å². The van der Waals surface area contributed by atoms with E-state index in [0.717, 1.165) is 52.7 Å². The van der Waals surface area contributed by atoms with Crippen LogP contribution >= 0.6 is 11.3 Å². The third-order valence-corrected chi connectivity index (χ3v) is 7.67. The molecule has 176 valence electrons. The molecule has 1 amide bonds. The number of carbonyl (C=O) groups is 1. The van der Waals surface area contributed by atoms with Gasteiger partial charge >= 0.3 is 0 Å². The van der Waals surface area contributed by atoms with E-state index in [0.29, 0.717) is 5.56 Å². The number of nitrogens with one attached hydrogen (secondary N) is 2. The summed E-state index contributed by atoms with van der Waals surface area (Å²) in [5.41, 5.74) is 4.11. The molecule has 0 radical (unpaired) electrons. The Morgan fingerprint density at radius 3 is 2.63 bits per heavy atom. The van der Waals surface area contributed by atoms with Gasteiger partial charge in [-0.05, 0) is 73.2 Å². The second-order valence-corrected chi connectivity index (χ2v) is 9.78. The van der Waals surface area contributed by atoms with E-state index in [1.54, 1.807) is 17.5 Å². The molecule has 35 heavy (non-hydrogen) atoms. The standard InChI is InChI=1S/C28H25N3O3S/c32-27(18-8-2-1-3-9-18)31-28-25(20-10-4-5-11-23(20)35-28)26(30-24-12-6-7-15-29-24)19-13-14-21-22(16-19)34-17-33-21/h1-3,6-9,12-16,26H,4-5,10-11,17H2,(H,29,30)(H,31,32)/t26-/m1/s1. The lowest BCUT2D eigenvalue weighted by Crippen LogP contribution is -2.19. The fraction of sp³-hybridized carbons (Fsp3) is 0.214. The van der Waals surface area contributed by atoms with Crippen LogP contribution in [-0.2, 0) is 12.8 Å². The summed E-state index contributed by atoms with van der Waals surface area (Å²) in [6.07, 6.45) is 6.11. The maximum Gasteiger partial charge on any atom is 0.256 e. The molecular weight excluding hydrogens is 458 g/mol. The molecule has 0 spiro atoms. The summed E-state index contributed by atoms with van der Waals surface area (Å²) >= 11 is 1.70. The Balaban J connectivity index is 1.46. The number of benzene rings is 2. The molecule has 0 saturated carbocycles. The van der Waals surface area contributed by atoms with E-state index < -0.39 is 0 Å². The van der Waals surface area contributed by atoms with Gasteiger partial charge in [0.25, 0.3) is 5.91 Å². The summed E-state index contributed by atoms with van der Waals surface area (Å²) in [4.78, 5) is 19.1. The van der Waals surface area contributed by atoms with E-state index in [4.69, 9.17) is 9.47 Å². The minimum absolute atomic E-state index is 0.104. The zero-order chi connectivity index (χ0) is 23.6. The zero-order valence-electron chi connectivity index (χ0n) is 19.1. The minimum atomic E-state index is -0.219. The smallest absolute Gasteiger partial charge is 0.256 e. The number of aromatic nitrogens is 1. The van der Waals surface area contributed by atoms with E-state index in [1.807, 2.05) is 60.7 Å². The van der Waals surface area contributed by atoms with Crippen LogP contribution < -0.4 is 20.1 Å². The molecular formula is C28H25N3O3S. The van der Waals surface area contributed by atoms with Crippen molar-refractivity contribution in [3.8, 4) is 11.5 Å². The summed E-state index contributed by atoms with van der Waals surface area (Å²) in [5, 5.41) is 7.76. The van der Waals surface area contributed by atoms with Crippen LogP contribution in [0.3, 0.4) is 0 Å². The molecule has 0 saturated heterocycles. The Bertz CT molecular complexity index is 1350. The van der Waals surface area contributed by atoms with Crippen molar-refractivity contribution in [3.63, 3.8) is 0 Å². The van der Waals surface area contributed by atoms with Crippen LogP contribution in [0.15, 0.2) is 72.9 Å². The van der Waals surface area contributed by atoms with Crippen molar-refractivity contribution in [3.05, 3.63) is 100 Å². The second kappa shape index (κ2) is 9.43. The Morgan fingerprint density at radius 1 is 0.943 bits per heavy atom. The number of aryl methyl sites for hydroxylation is 1. The average molecular weight is 484 g/mol. The van der Waals surface area contributed by atoms with Gasteiger partial charge in [-0.3, -0.25) is 4.79 Å². The maximum absolute atomic E-state index is 13.2. The number of fused-ring (bicyclic) bond motifs is 2. The van der Waals surface area contributed by atoms with Crippen molar-refractivity contribution in [2.75, 3.05) is 17.4 Å². The van der Waals surface area contributed by atoms with Gasteiger partial charge in [0.1, 0.15) is 10.8 Å². The van der Waals surface area contributed by atoms with E-state index in [9.17, 15) is 4.79 Å². The molecule has 6 nitrogen and oxygen atoms in total. The summed E-state index contributed by atoms with van der Waals surface area (Å²) < 4.78 is 11.2. The van der Waals surface area contributed by atoms with Crippen molar-refractivity contribution < 1.29 is 14.3 Å². The molecule has 0 bridgehead atoms. The number of amides is 1. The van der Waals surface area contributed by atoms with Gasteiger partial charge in [0.05, 0.1) is 6.04 Å². The lowest BCUT2D eigenvalue weighted by atomic mass is 9.89. The second-order valence-electron chi connectivity index (χ2n) is 8.68. The Kier molecular flexibility index (Phi) is 5.84. The first-order valence-electron chi connectivity index (χ1n) is 11.8. The lowest BCUT2D eigenvalue weighted by molar-refractivity contribution is 0.102. The summed E-state index contributed by atoms with van der Waals surface area (Å²) in [5.74, 6) is 2.14. The molecule has 1 aliphatic carbocycles. The predicted molar refractivity (Wildman–Crippen MR) is 138 cm³/mol. The molecule has 2 aromatic carbocycles. The van der Waals surface area contributed by atoms with Gasteiger partial charge in [-0.2, -0.15) is 0 Å². The van der Waals surface area contributed by atoms with E-state index in [-0.39, 0.29) is 18.7 Å². The Labute approximate surface area is 207 Å². The van der Waals surface area contributed by atoms with E-state index >= 15 is 0 Å². The summed E-state index contributed by atoms with van der Waals surface area (Å²) in [6, 6.07) is 21.0. The fourth-order valence-corrected chi connectivity index (χ4v) is 6.09. The largest absolute Gasteiger partial charge is 0.454 e. The molecule has 4 aromatic rings. The molecule has 2 aliphatic rings. The number of carbonyl (C=O) groups excluding carboxylic acids is 1. The number of ether oxygens (including phenoxy) is 2. The number of pyridine rings is 1. The Morgan fingerprint density at radius 2 is 1.77 bits per heavy atom. The Hall–Kier alpha value is -3.84. The molecule has 6 rings (SSSR count). The number of hydrogen-bond acceptors (Lipinski definition) is 6. The highest BCUT2D eigenvalue weighted by Gasteiger charge is 2.30. The van der Waals surface area contributed by atoms with Gasteiger partial charge in [-0.15, -0.1) is 11.3 Å². The third kappa shape index (κ3) is 4.35. The van der Waals surface area contributed by atoms with Crippen molar-refractivity contribution >= 4 is 28.1 Å². The van der Waals surface area contributed by atoms with Gasteiger partial charge in [-0.25, -0.2) is 4.98 Å². The molecule has 2 N–H and O–H groups in total. The SMILES string of the molecule is O=C(Nc1sc2c(c1[C@H](Nc1ccccn1)c1ccc3c(c1)OCO3)CCCC2)c1ccccc1. The molecule has 7 heteroatoms. The van der Waals surface area contributed by atoms with Crippen LogP contribution in [-0.4, -0.2) is 17.7 Å². The summed E-state index contributed by atoms with van der Waals surface area (Å²) in [7, 11) is 0. The molecule has 3 heterocycles. The van der Waals surface area contributed by atoms with Gasteiger partial charge in [0, 0.05) is 22.2 Å². The van der Waals surface area contributed by atoms with Crippen LogP contribution in [0.4, 0.5) is 10.8 Å². The normalized spacial score (nSPS) is 14.7.